The van der Waals surface area contributed by atoms with Gasteiger partial charge in [-0.15, -0.1) is 0 Å². The molecular formula is C21H25NO4. The molecule has 5 nitrogen and oxygen atoms in total. The average Bonchev–Trinajstić information content (AvgIpc) is 2.69. The smallest absolute Gasteiger partial charge is 0.257 e. The molecule has 0 spiro atoms. The number of aryl methyl sites for hydroxylation is 1. The number of amides is 1. The van der Waals surface area contributed by atoms with Gasteiger partial charge < -0.3 is 19.5 Å². The topological polar surface area (TPSA) is 59.0 Å². The Morgan fingerprint density at radius 3 is 2.69 bits per heavy atom. The van der Waals surface area contributed by atoms with E-state index in [1.54, 1.807) is 24.1 Å². The molecule has 0 radical (unpaired) electrons. The average molecular weight is 355 g/mol. The van der Waals surface area contributed by atoms with Crippen molar-refractivity contribution in [3.63, 3.8) is 0 Å². The number of rotatable bonds is 5. The number of hydrogen-bond acceptors (Lipinski definition) is 4. The second-order valence-corrected chi connectivity index (χ2v) is 6.72. The van der Waals surface area contributed by atoms with Gasteiger partial charge >= 0.3 is 0 Å². The first kappa shape index (κ1) is 18.4. The maximum atomic E-state index is 13.0. The molecule has 1 amide bonds. The van der Waals surface area contributed by atoms with Gasteiger partial charge in [-0.3, -0.25) is 4.79 Å². The van der Waals surface area contributed by atoms with Crippen LogP contribution in [0.25, 0.3) is 0 Å². The number of benzene rings is 2. The zero-order valence-corrected chi connectivity index (χ0v) is 15.3. The quantitative estimate of drug-likeness (QED) is 0.895. The lowest BCUT2D eigenvalue weighted by molar-refractivity contribution is -0.123. The lowest BCUT2D eigenvalue weighted by Gasteiger charge is -2.42. The summed E-state index contributed by atoms with van der Waals surface area (Å²) in [4.78, 5) is 14.8. The van der Waals surface area contributed by atoms with Crippen molar-refractivity contribution < 1.29 is 19.4 Å². The van der Waals surface area contributed by atoms with Crippen LogP contribution in [0.2, 0.25) is 0 Å². The van der Waals surface area contributed by atoms with Gasteiger partial charge in [-0.25, -0.2) is 0 Å². The molecule has 1 aliphatic rings. The zero-order chi connectivity index (χ0) is 18.6. The van der Waals surface area contributed by atoms with Gasteiger partial charge in [-0.1, -0.05) is 36.4 Å². The first-order valence-electron chi connectivity index (χ1n) is 8.80. The Morgan fingerprint density at radius 2 is 1.96 bits per heavy atom. The van der Waals surface area contributed by atoms with Gasteiger partial charge in [0.1, 0.15) is 11.4 Å². The van der Waals surface area contributed by atoms with Gasteiger partial charge in [0.15, 0.2) is 0 Å². The number of carbonyl (C=O) groups is 1. The third-order valence-electron chi connectivity index (χ3n) is 4.94. The van der Waals surface area contributed by atoms with Crippen LogP contribution >= 0.6 is 0 Å². The van der Waals surface area contributed by atoms with Crippen molar-refractivity contribution in [1.29, 1.82) is 0 Å². The standard InChI is InChI=1S/C21H25NO4/c1-16-7-3-4-8-17(16)13-21(15-23)14-22(11-12-26-21)20(24)18-9-5-6-10-19(18)25-2/h3-10,23H,11-15H2,1-2H3/t21-/m1/s1. The molecule has 0 aromatic heterocycles. The second kappa shape index (κ2) is 7.89. The predicted octanol–water partition coefficient (Wildman–Crippen LogP) is 2.45. The highest BCUT2D eigenvalue weighted by Gasteiger charge is 2.39. The van der Waals surface area contributed by atoms with E-state index in [1.807, 2.05) is 43.3 Å². The fourth-order valence-corrected chi connectivity index (χ4v) is 3.42. The minimum atomic E-state index is -0.790. The molecule has 5 heteroatoms. The molecule has 1 aliphatic heterocycles. The van der Waals surface area contributed by atoms with Crippen LogP contribution in [0.1, 0.15) is 21.5 Å². The number of aliphatic hydroxyl groups excluding tert-OH is 1. The number of carbonyl (C=O) groups excluding carboxylic acids is 1. The summed E-state index contributed by atoms with van der Waals surface area (Å²) in [6.07, 6.45) is 0.561. The molecular weight excluding hydrogens is 330 g/mol. The lowest BCUT2D eigenvalue weighted by atomic mass is 9.90. The second-order valence-electron chi connectivity index (χ2n) is 6.72. The van der Waals surface area contributed by atoms with Gasteiger partial charge in [-0.05, 0) is 30.2 Å². The highest BCUT2D eigenvalue weighted by molar-refractivity contribution is 5.97. The molecule has 0 unspecified atom stereocenters. The predicted molar refractivity (Wildman–Crippen MR) is 99.5 cm³/mol. The number of methoxy groups -OCH3 is 1. The van der Waals surface area contributed by atoms with Crippen LogP contribution in [0.3, 0.4) is 0 Å². The SMILES string of the molecule is COc1ccccc1C(=O)N1CCO[C@](CO)(Cc2ccccc2C)C1. The molecule has 1 heterocycles. The van der Waals surface area contributed by atoms with Crippen molar-refractivity contribution in [2.75, 3.05) is 33.4 Å². The number of aliphatic hydroxyl groups is 1. The van der Waals surface area contributed by atoms with Crippen molar-refractivity contribution in [2.45, 2.75) is 18.9 Å². The monoisotopic (exact) mass is 355 g/mol. The van der Waals surface area contributed by atoms with Gasteiger partial charge in [0, 0.05) is 13.0 Å². The molecule has 2 aromatic rings. The van der Waals surface area contributed by atoms with E-state index in [9.17, 15) is 9.90 Å². The summed E-state index contributed by atoms with van der Waals surface area (Å²) in [6, 6.07) is 15.3. The fraction of sp³-hybridized carbons (Fsp3) is 0.381. The van der Waals surface area contributed by atoms with Crippen molar-refractivity contribution in [3.05, 3.63) is 65.2 Å². The molecule has 1 N–H and O–H groups in total. The van der Waals surface area contributed by atoms with E-state index < -0.39 is 5.60 Å². The van der Waals surface area contributed by atoms with Crippen LogP contribution in [0, 0.1) is 6.92 Å². The van der Waals surface area contributed by atoms with Crippen molar-refractivity contribution in [1.82, 2.24) is 4.90 Å². The van der Waals surface area contributed by atoms with E-state index in [1.165, 1.54) is 0 Å². The molecule has 1 fully saturated rings. The molecule has 1 atom stereocenters. The summed E-state index contributed by atoms with van der Waals surface area (Å²) in [5.41, 5.74) is 2.01. The van der Waals surface area contributed by atoms with Crippen molar-refractivity contribution in [2.24, 2.45) is 0 Å². The number of para-hydroxylation sites is 1. The van der Waals surface area contributed by atoms with E-state index in [0.717, 1.165) is 11.1 Å². The van der Waals surface area contributed by atoms with E-state index in [0.29, 0.717) is 37.4 Å². The number of nitrogens with zero attached hydrogens (tertiary/aromatic N) is 1. The number of morpholine rings is 1. The van der Waals surface area contributed by atoms with Gasteiger partial charge in [0.2, 0.25) is 0 Å². The molecule has 26 heavy (non-hydrogen) atoms. The van der Waals surface area contributed by atoms with Gasteiger partial charge in [-0.2, -0.15) is 0 Å². The minimum absolute atomic E-state index is 0.103. The molecule has 3 rings (SSSR count). The first-order chi connectivity index (χ1) is 12.6. The molecule has 138 valence electrons. The largest absolute Gasteiger partial charge is 0.496 e. The van der Waals surface area contributed by atoms with Gasteiger partial charge in [0.25, 0.3) is 5.91 Å². The maximum Gasteiger partial charge on any atom is 0.257 e. The number of hydrogen-bond donors (Lipinski definition) is 1. The van der Waals surface area contributed by atoms with Crippen LogP contribution in [0.4, 0.5) is 0 Å². The molecule has 0 aliphatic carbocycles. The van der Waals surface area contributed by atoms with E-state index in [-0.39, 0.29) is 12.5 Å². The number of ether oxygens (including phenoxy) is 2. The zero-order valence-electron chi connectivity index (χ0n) is 15.3. The molecule has 2 aromatic carbocycles. The maximum absolute atomic E-state index is 13.0. The Morgan fingerprint density at radius 1 is 1.23 bits per heavy atom. The van der Waals surface area contributed by atoms with Crippen LogP contribution < -0.4 is 4.74 Å². The molecule has 1 saturated heterocycles. The van der Waals surface area contributed by atoms with Crippen LogP contribution in [0.5, 0.6) is 5.75 Å². The summed E-state index contributed by atoms with van der Waals surface area (Å²) in [6.45, 7) is 3.13. The van der Waals surface area contributed by atoms with Crippen LogP contribution in [-0.2, 0) is 11.2 Å². The normalized spacial score (nSPS) is 20.0. The van der Waals surface area contributed by atoms with E-state index in [4.69, 9.17) is 9.47 Å². The molecule has 0 bridgehead atoms. The Labute approximate surface area is 154 Å². The van der Waals surface area contributed by atoms with Crippen molar-refractivity contribution in [3.8, 4) is 5.75 Å². The lowest BCUT2D eigenvalue weighted by Crippen LogP contribution is -2.56. The fourth-order valence-electron chi connectivity index (χ4n) is 3.42. The first-order valence-corrected chi connectivity index (χ1v) is 8.80. The Balaban J connectivity index is 1.83. The van der Waals surface area contributed by atoms with Crippen LogP contribution in [-0.4, -0.2) is 54.9 Å². The Hall–Kier alpha value is -2.37. The van der Waals surface area contributed by atoms with E-state index in [2.05, 4.69) is 0 Å². The summed E-state index contributed by atoms with van der Waals surface area (Å²) in [5, 5.41) is 10.1. The van der Waals surface area contributed by atoms with Gasteiger partial charge in [0.05, 0.1) is 32.4 Å². The molecule has 0 saturated carbocycles. The Kier molecular flexibility index (Phi) is 5.59. The van der Waals surface area contributed by atoms with Crippen LogP contribution in [0.15, 0.2) is 48.5 Å². The summed E-state index contributed by atoms with van der Waals surface area (Å²) < 4.78 is 11.3. The third kappa shape index (κ3) is 3.74. The summed E-state index contributed by atoms with van der Waals surface area (Å²) >= 11 is 0. The highest BCUT2D eigenvalue weighted by Crippen LogP contribution is 2.27. The van der Waals surface area contributed by atoms with E-state index >= 15 is 0 Å². The highest BCUT2D eigenvalue weighted by atomic mass is 16.5. The minimum Gasteiger partial charge on any atom is -0.496 e. The third-order valence-corrected chi connectivity index (χ3v) is 4.94. The summed E-state index contributed by atoms with van der Waals surface area (Å²) in [7, 11) is 1.56. The van der Waals surface area contributed by atoms with Crippen molar-refractivity contribution >= 4 is 5.91 Å². The Bertz CT molecular complexity index is 776. The summed E-state index contributed by atoms with van der Waals surface area (Å²) in [5.74, 6) is 0.450.